The van der Waals surface area contributed by atoms with Crippen molar-refractivity contribution in [2.75, 3.05) is 0 Å². The van der Waals surface area contributed by atoms with Crippen LogP contribution in [0.15, 0.2) is 16.6 Å². The lowest BCUT2D eigenvalue weighted by molar-refractivity contribution is 0.331. The van der Waals surface area contributed by atoms with Crippen molar-refractivity contribution < 1.29 is 8.78 Å². The summed E-state index contributed by atoms with van der Waals surface area (Å²) in [4.78, 5) is -0.1000. The highest BCUT2D eigenvalue weighted by Gasteiger charge is 2.19. The molecule has 0 radical (unpaired) electrons. The minimum Gasteiger partial charge on any atom is -0.207 e. The van der Waals surface area contributed by atoms with E-state index in [0.717, 1.165) is 18.8 Å². The van der Waals surface area contributed by atoms with Crippen LogP contribution in [0.25, 0.3) is 0 Å². The van der Waals surface area contributed by atoms with E-state index in [1.54, 1.807) is 0 Å². The maximum Gasteiger partial charge on any atom is 0.137 e. The lowest BCUT2D eigenvalue weighted by Gasteiger charge is -2.22. The van der Waals surface area contributed by atoms with Crippen LogP contribution in [-0.2, 0) is 0 Å². The van der Waals surface area contributed by atoms with Crippen LogP contribution in [0.3, 0.4) is 0 Å². The van der Waals surface area contributed by atoms with Gasteiger partial charge in [0, 0.05) is 10.4 Å². The van der Waals surface area contributed by atoms with Gasteiger partial charge in [-0.1, -0.05) is 48.0 Å². The summed E-state index contributed by atoms with van der Waals surface area (Å²) < 4.78 is 27.5. The molecular weight excluding hydrogens is 378 g/mol. The van der Waals surface area contributed by atoms with Crippen LogP contribution in [0.2, 0.25) is 0 Å². The third-order valence-corrected chi connectivity index (χ3v) is 5.49. The highest BCUT2D eigenvalue weighted by Crippen LogP contribution is 2.36. The predicted octanol–water partition coefficient (Wildman–Crippen LogP) is 6.52. The van der Waals surface area contributed by atoms with Gasteiger partial charge in [-0.15, -0.1) is 0 Å². The molecule has 0 bridgehead atoms. The molecule has 1 unspecified atom stereocenters. The van der Waals surface area contributed by atoms with Crippen molar-refractivity contribution in [1.29, 1.82) is 0 Å². The van der Waals surface area contributed by atoms with Crippen LogP contribution in [0.1, 0.15) is 55.3 Å². The summed E-state index contributed by atoms with van der Waals surface area (Å²) >= 11 is 6.50. The van der Waals surface area contributed by atoms with Gasteiger partial charge >= 0.3 is 0 Å². The average Bonchev–Trinajstić information content (AvgIpc) is 2.41. The van der Waals surface area contributed by atoms with Crippen molar-refractivity contribution in [3.8, 4) is 0 Å². The van der Waals surface area contributed by atoms with Gasteiger partial charge in [0.25, 0.3) is 0 Å². The van der Waals surface area contributed by atoms with Crippen LogP contribution in [-0.4, -0.2) is 0 Å². The van der Waals surface area contributed by atoms with Crippen molar-refractivity contribution in [2.45, 2.75) is 49.8 Å². The van der Waals surface area contributed by atoms with Gasteiger partial charge in [-0.3, -0.25) is 0 Å². The Kier molecular flexibility index (Phi) is 5.82. The van der Waals surface area contributed by atoms with Crippen LogP contribution >= 0.6 is 31.9 Å². The molecule has 1 saturated carbocycles. The maximum absolute atomic E-state index is 13.8. The number of benzene rings is 1. The third kappa shape index (κ3) is 4.25. The molecule has 2 rings (SSSR count). The Morgan fingerprint density at radius 3 is 2.47 bits per heavy atom. The van der Waals surface area contributed by atoms with E-state index < -0.39 is 5.82 Å². The average molecular weight is 396 g/mol. The summed E-state index contributed by atoms with van der Waals surface area (Å²) in [5.41, 5.74) is 0.427. The lowest BCUT2D eigenvalue weighted by atomic mass is 9.85. The SMILES string of the molecule is Fc1cc(C(Br)CCC2CCCCC2)c(F)cc1Br. The Bertz CT molecular complexity index is 428. The molecule has 1 atom stereocenters. The topological polar surface area (TPSA) is 0 Å². The summed E-state index contributed by atoms with van der Waals surface area (Å²) in [6.45, 7) is 0. The molecule has 0 aromatic heterocycles. The van der Waals surface area contributed by atoms with Crippen LogP contribution in [0.4, 0.5) is 8.78 Å². The van der Waals surface area contributed by atoms with Crippen molar-refractivity contribution in [2.24, 2.45) is 5.92 Å². The molecule has 19 heavy (non-hydrogen) atoms. The fourth-order valence-electron chi connectivity index (χ4n) is 2.79. The second-order valence-corrected chi connectivity index (χ2v) is 7.30. The number of hydrogen-bond donors (Lipinski definition) is 0. The summed E-state index contributed by atoms with van der Waals surface area (Å²) in [6.07, 6.45) is 8.52. The molecule has 4 heteroatoms. The molecule has 1 aromatic carbocycles. The van der Waals surface area contributed by atoms with Crippen LogP contribution in [0, 0.1) is 17.6 Å². The second-order valence-electron chi connectivity index (χ2n) is 5.34. The number of rotatable bonds is 4. The first kappa shape index (κ1) is 15.4. The van der Waals surface area contributed by atoms with Gasteiger partial charge in [-0.25, -0.2) is 8.78 Å². The van der Waals surface area contributed by atoms with Crippen LogP contribution < -0.4 is 0 Å². The molecule has 1 aliphatic rings. The van der Waals surface area contributed by atoms with Crippen molar-refractivity contribution in [1.82, 2.24) is 0 Å². The van der Waals surface area contributed by atoms with Gasteiger partial charge in [-0.2, -0.15) is 0 Å². The van der Waals surface area contributed by atoms with E-state index in [2.05, 4.69) is 31.9 Å². The zero-order valence-corrected chi connectivity index (χ0v) is 13.9. The molecular formula is C15H18Br2F2. The second kappa shape index (κ2) is 7.16. The zero-order chi connectivity index (χ0) is 13.8. The Hall–Kier alpha value is 0.0400. The zero-order valence-electron chi connectivity index (χ0n) is 10.8. The van der Waals surface area contributed by atoms with Crippen molar-refractivity contribution >= 4 is 31.9 Å². The summed E-state index contributed by atoms with van der Waals surface area (Å²) in [7, 11) is 0. The highest BCUT2D eigenvalue weighted by molar-refractivity contribution is 9.10. The number of alkyl halides is 1. The van der Waals surface area contributed by atoms with Gasteiger partial charge in [-0.05, 0) is 46.8 Å². The Balaban J connectivity index is 1.95. The summed E-state index contributed by atoms with van der Waals surface area (Å²) in [6, 6.07) is 2.50. The van der Waals surface area contributed by atoms with Crippen LogP contribution in [0.5, 0.6) is 0 Å². The van der Waals surface area contributed by atoms with Crippen molar-refractivity contribution in [3.05, 3.63) is 33.8 Å². The number of halogens is 4. The summed E-state index contributed by atoms with van der Waals surface area (Å²) in [5, 5.41) is 0. The molecule has 0 nitrogen and oxygen atoms in total. The van der Waals surface area contributed by atoms with E-state index in [0.29, 0.717) is 5.56 Å². The molecule has 0 saturated heterocycles. The first-order chi connectivity index (χ1) is 9.08. The molecule has 1 fully saturated rings. The minimum atomic E-state index is -0.404. The summed E-state index contributed by atoms with van der Waals surface area (Å²) in [5.74, 6) is 0.00877. The van der Waals surface area contributed by atoms with E-state index in [-0.39, 0.29) is 15.1 Å². The van der Waals surface area contributed by atoms with E-state index in [1.807, 2.05) is 0 Å². The van der Waals surface area contributed by atoms with E-state index >= 15 is 0 Å². The van der Waals surface area contributed by atoms with Gasteiger partial charge in [0.05, 0.1) is 4.47 Å². The molecule has 106 valence electrons. The molecule has 0 N–H and O–H groups in total. The first-order valence-electron chi connectivity index (χ1n) is 6.86. The molecule has 0 amide bonds. The molecule has 0 aliphatic heterocycles. The number of hydrogen-bond acceptors (Lipinski definition) is 0. The van der Waals surface area contributed by atoms with E-state index in [9.17, 15) is 8.78 Å². The molecule has 0 heterocycles. The maximum atomic E-state index is 13.8. The fourth-order valence-corrected chi connectivity index (χ4v) is 3.72. The van der Waals surface area contributed by atoms with E-state index in [4.69, 9.17) is 0 Å². The van der Waals surface area contributed by atoms with Gasteiger partial charge in [0.15, 0.2) is 0 Å². The van der Waals surface area contributed by atoms with Gasteiger partial charge in [0.2, 0.25) is 0 Å². The largest absolute Gasteiger partial charge is 0.207 e. The molecule has 1 aromatic rings. The Morgan fingerprint density at radius 2 is 1.79 bits per heavy atom. The monoisotopic (exact) mass is 394 g/mol. The Labute approximate surface area is 130 Å². The quantitative estimate of drug-likeness (QED) is 0.401. The highest BCUT2D eigenvalue weighted by atomic mass is 79.9. The minimum absolute atomic E-state index is 0.1000. The Morgan fingerprint density at radius 1 is 1.11 bits per heavy atom. The first-order valence-corrected chi connectivity index (χ1v) is 8.57. The normalized spacial score (nSPS) is 18.5. The molecule has 1 aliphatic carbocycles. The standard InChI is InChI=1S/C15H18Br2F2/c16-12(7-6-10-4-2-1-3-5-10)11-8-15(19)13(17)9-14(11)18/h8-10,12H,1-7H2. The van der Waals surface area contributed by atoms with Gasteiger partial charge < -0.3 is 0 Å². The predicted molar refractivity (Wildman–Crippen MR) is 81.5 cm³/mol. The van der Waals surface area contributed by atoms with Crippen molar-refractivity contribution in [3.63, 3.8) is 0 Å². The lowest BCUT2D eigenvalue weighted by Crippen LogP contribution is -2.07. The van der Waals surface area contributed by atoms with Gasteiger partial charge in [0.1, 0.15) is 11.6 Å². The molecule has 0 spiro atoms. The fraction of sp³-hybridized carbons (Fsp3) is 0.600. The third-order valence-electron chi connectivity index (χ3n) is 3.93. The van der Waals surface area contributed by atoms with E-state index in [1.165, 1.54) is 44.2 Å². The smallest absolute Gasteiger partial charge is 0.137 e.